The molecular weight excluding hydrogens is 210 g/mol. The quantitative estimate of drug-likeness (QED) is 0.800. The third-order valence-electron chi connectivity index (χ3n) is 3.02. The molecule has 0 radical (unpaired) electrons. The molecule has 1 rings (SSSR count). The maximum atomic E-state index is 11.6. The van der Waals surface area contributed by atoms with Gasteiger partial charge in [-0.25, -0.2) is 4.79 Å². The lowest BCUT2D eigenvalue weighted by atomic mass is 9.92. The van der Waals surface area contributed by atoms with Crippen molar-refractivity contribution in [3.63, 3.8) is 0 Å². The Bertz CT molecular complexity index is 267. The Morgan fingerprint density at radius 2 is 2.19 bits per heavy atom. The molecule has 1 saturated heterocycles. The first kappa shape index (κ1) is 12.8. The average molecular weight is 229 g/mol. The Morgan fingerprint density at radius 1 is 1.50 bits per heavy atom. The standard InChI is InChI=1S/C11H19NO4/c1-3-16-11(15)12-7-5-4-6-9(12)8(2)10(13)14/h8-9H,3-7H2,1-2H3,(H,13,14). The van der Waals surface area contributed by atoms with E-state index in [-0.39, 0.29) is 12.1 Å². The number of aliphatic carboxylic acids is 1. The number of hydrogen-bond acceptors (Lipinski definition) is 3. The Morgan fingerprint density at radius 3 is 2.75 bits per heavy atom. The SMILES string of the molecule is CCOC(=O)N1CCCCC1C(C)C(=O)O. The molecule has 0 spiro atoms. The molecule has 5 nitrogen and oxygen atoms in total. The maximum Gasteiger partial charge on any atom is 0.410 e. The molecule has 0 aliphatic carbocycles. The van der Waals surface area contributed by atoms with Crippen molar-refractivity contribution in [3.8, 4) is 0 Å². The van der Waals surface area contributed by atoms with Crippen LogP contribution in [0.3, 0.4) is 0 Å². The minimum Gasteiger partial charge on any atom is -0.481 e. The third-order valence-corrected chi connectivity index (χ3v) is 3.02. The van der Waals surface area contributed by atoms with E-state index in [0.717, 1.165) is 19.3 Å². The summed E-state index contributed by atoms with van der Waals surface area (Å²) in [5, 5.41) is 8.98. The van der Waals surface area contributed by atoms with Crippen LogP contribution < -0.4 is 0 Å². The summed E-state index contributed by atoms with van der Waals surface area (Å²) in [6.45, 7) is 4.31. The van der Waals surface area contributed by atoms with Gasteiger partial charge in [-0.05, 0) is 33.1 Å². The number of hydrogen-bond donors (Lipinski definition) is 1. The molecule has 92 valence electrons. The number of carboxylic acids is 1. The van der Waals surface area contributed by atoms with E-state index in [4.69, 9.17) is 9.84 Å². The van der Waals surface area contributed by atoms with Gasteiger partial charge in [0, 0.05) is 12.6 Å². The molecule has 16 heavy (non-hydrogen) atoms. The van der Waals surface area contributed by atoms with Crippen molar-refractivity contribution in [1.29, 1.82) is 0 Å². The molecule has 1 amide bonds. The highest BCUT2D eigenvalue weighted by atomic mass is 16.6. The van der Waals surface area contributed by atoms with Gasteiger partial charge in [0.25, 0.3) is 0 Å². The molecule has 5 heteroatoms. The summed E-state index contributed by atoms with van der Waals surface area (Å²) in [6.07, 6.45) is 2.24. The molecule has 0 aromatic carbocycles. The van der Waals surface area contributed by atoms with Gasteiger partial charge < -0.3 is 14.7 Å². The van der Waals surface area contributed by atoms with Crippen molar-refractivity contribution in [2.45, 2.75) is 39.2 Å². The summed E-state index contributed by atoms with van der Waals surface area (Å²) in [6, 6.07) is -0.231. The van der Waals surface area contributed by atoms with E-state index in [1.165, 1.54) is 0 Å². The Kier molecular flexibility index (Phi) is 4.58. The average Bonchev–Trinajstić information content (AvgIpc) is 2.28. The number of carboxylic acid groups (broad SMARTS) is 1. The first-order valence-electron chi connectivity index (χ1n) is 5.74. The number of piperidine rings is 1. The highest BCUT2D eigenvalue weighted by Gasteiger charge is 2.34. The van der Waals surface area contributed by atoms with Crippen LogP contribution in [-0.4, -0.2) is 41.3 Å². The number of carbonyl (C=O) groups excluding carboxylic acids is 1. The molecule has 0 saturated carbocycles. The van der Waals surface area contributed by atoms with Crippen LogP contribution in [-0.2, 0) is 9.53 Å². The second-order valence-electron chi connectivity index (χ2n) is 4.08. The highest BCUT2D eigenvalue weighted by Crippen LogP contribution is 2.24. The number of nitrogens with zero attached hydrogens (tertiary/aromatic N) is 1. The number of ether oxygens (including phenoxy) is 1. The Labute approximate surface area is 95.4 Å². The molecule has 2 atom stereocenters. The van der Waals surface area contributed by atoms with Crippen molar-refractivity contribution >= 4 is 12.1 Å². The van der Waals surface area contributed by atoms with Gasteiger partial charge in [0.1, 0.15) is 0 Å². The number of carbonyl (C=O) groups is 2. The molecule has 2 unspecified atom stereocenters. The molecule has 1 fully saturated rings. The molecule has 1 N–H and O–H groups in total. The van der Waals surface area contributed by atoms with Gasteiger partial charge >= 0.3 is 12.1 Å². The third kappa shape index (κ3) is 2.87. The second-order valence-corrected chi connectivity index (χ2v) is 4.08. The van der Waals surface area contributed by atoms with Crippen LogP contribution in [0.4, 0.5) is 4.79 Å². The number of likely N-dealkylation sites (tertiary alicyclic amines) is 1. The molecule has 0 bridgehead atoms. The fraction of sp³-hybridized carbons (Fsp3) is 0.818. The van der Waals surface area contributed by atoms with E-state index in [1.807, 2.05) is 0 Å². The summed E-state index contributed by atoms with van der Waals surface area (Å²) < 4.78 is 4.94. The van der Waals surface area contributed by atoms with Crippen LogP contribution >= 0.6 is 0 Å². The van der Waals surface area contributed by atoms with Crippen LogP contribution in [0.15, 0.2) is 0 Å². The normalized spacial score (nSPS) is 22.6. The predicted molar refractivity (Wildman–Crippen MR) is 58.2 cm³/mol. The fourth-order valence-electron chi connectivity index (χ4n) is 2.07. The number of rotatable bonds is 3. The van der Waals surface area contributed by atoms with Gasteiger partial charge in [0.2, 0.25) is 0 Å². The Balaban J connectivity index is 2.70. The lowest BCUT2D eigenvalue weighted by molar-refractivity contribution is -0.143. The molecule has 1 heterocycles. The molecule has 1 aliphatic heterocycles. The fourth-order valence-corrected chi connectivity index (χ4v) is 2.07. The van der Waals surface area contributed by atoms with Gasteiger partial charge in [0.15, 0.2) is 0 Å². The molecular formula is C11H19NO4. The monoisotopic (exact) mass is 229 g/mol. The second kappa shape index (κ2) is 5.72. The largest absolute Gasteiger partial charge is 0.481 e. The predicted octanol–water partition coefficient (Wildman–Crippen LogP) is 1.72. The summed E-state index contributed by atoms with van der Waals surface area (Å²) in [5.41, 5.74) is 0. The molecule has 0 aromatic heterocycles. The first-order chi connectivity index (χ1) is 7.57. The first-order valence-corrected chi connectivity index (χ1v) is 5.74. The summed E-state index contributed by atoms with van der Waals surface area (Å²) in [7, 11) is 0. The molecule has 1 aliphatic rings. The minimum atomic E-state index is -0.860. The zero-order chi connectivity index (χ0) is 12.1. The van der Waals surface area contributed by atoms with Gasteiger partial charge in [-0.15, -0.1) is 0 Å². The van der Waals surface area contributed by atoms with Crippen molar-refractivity contribution in [1.82, 2.24) is 4.90 Å². The highest BCUT2D eigenvalue weighted by molar-refractivity contribution is 5.73. The Hall–Kier alpha value is -1.26. The van der Waals surface area contributed by atoms with Crippen molar-refractivity contribution in [2.75, 3.05) is 13.2 Å². The van der Waals surface area contributed by atoms with E-state index < -0.39 is 11.9 Å². The van der Waals surface area contributed by atoms with Crippen LogP contribution in [0.5, 0.6) is 0 Å². The van der Waals surface area contributed by atoms with Gasteiger partial charge in [-0.1, -0.05) is 0 Å². The summed E-state index contributed by atoms with van der Waals surface area (Å²) in [4.78, 5) is 24.2. The van der Waals surface area contributed by atoms with Crippen LogP contribution in [0.1, 0.15) is 33.1 Å². The van der Waals surface area contributed by atoms with E-state index >= 15 is 0 Å². The van der Waals surface area contributed by atoms with Crippen molar-refractivity contribution in [2.24, 2.45) is 5.92 Å². The van der Waals surface area contributed by atoms with Gasteiger partial charge in [-0.3, -0.25) is 4.79 Å². The van der Waals surface area contributed by atoms with E-state index in [0.29, 0.717) is 13.2 Å². The lowest BCUT2D eigenvalue weighted by Crippen LogP contribution is -2.49. The zero-order valence-electron chi connectivity index (χ0n) is 9.81. The minimum absolute atomic E-state index is 0.231. The maximum absolute atomic E-state index is 11.6. The van der Waals surface area contributed by atoms with E-state index in [1.54, 1.807) is 18.7 Å². The zero-order valence-corrected chi connectivity index (χ0v) is 9.81. The number of amides is 1. The van der Waals surface area contributed by atoms with Crippen LogP contribution in [0, 0.1) is 5.92 Å². The lowest BCUT2D eigenvalue weighted by Gasteiger charge is -2.36. The van der Waals surface area contributed by atoms with Crippen LogP contribution in [0.2, 0.25) is 0 Å². The topological polar surface area (TPSA) is 66.8 Å². The molecule has 0 aromatic rings. The summed E-state index contributed by atoms with van der Waals surface area (Å²) in [5.74, 6) is -1.40. The van der Waals surface area contributed by atoms with E-state index in [2.05, 4.69) is 0 Å². The van der Waals surface area contributed by atoms with Crippen molar-refractivity contribution in [3.05, 3.63) is 0 Å². The van der Waals surface area contributed by atoms with Gasteiger partial charge in [-0.2, -0.15) is 0 Å². The van der Waals surface area contributed by atoms with Crippen LogP contribution in [0.25, 0.3) is 0 Å². The summed E-state index contributed by atoms with van der Waals surface area (Å²) >= 11 is 0. The van der Waals surface area contributed by atoms with E-state index in [9.17, 15) is 9.59 Å². The smallest absolute Gasteiger partial charge is 0.410 e. The van der Waals surface area contributed by atoms with Gasteiger partial charge in [0.05, 0.1) is 12.5 Å². The van der Waals surface area contributed by atoms with Crippen molar-refractivity contribution < 1.29 is 19.4 Å².